The summed E-state index contributed by atoms with van der Waals surface area (Å²) in [6.07, 6.45) is 2.26. The van der Waals surface area contributed by atoms with Gasteiger partial charge in [0.15, 0.2) is 0 Å². The third kappa shape index (κ3) is 8.21. The van der Waals surface area contributed by atoms with Crippen molar-refractivity contribution >= 4 is 25.4 Å². The molecule has 1 spiro atoms. The van der Waals surface area contributed by atoms with Gasteiger partial charge in [-0.05, 0) is 55.6 Å². The number of carboxylic acids is 1. The highest BCUT2D eigenvalue weighted by Gasteiger charge is 2.52. The van der Waals surface area contributed by atoms with Gasteiger partial charge in [-0.2, -0.15) is 5.10 Å². The van der Waals surface area contributed by atoms with Crippen molar-refractivity contribution < 1.29 is 33.9 Å². The minimum Gasteiger partial charge on any atom is -0.481 e. The van der Waals surface area contributed by atoms with Crippen LogP contribution in [0.2, 0.25) is 0 Å². The molecule has 3 aromatic rings. The second-order valence-electron chi connectivity index (χ2n) is 10.5. The van der Waals surface area contributed by atoms with Gasteiger partial charge in [0, 0.05) is 5.92 Å². The molecule has 2 aliphatic rings. The van der Waals surface area contributed by atoms with Crippen molar-refractivity contribution in [1.82, 2.24) is 9.91 Å². The number of carbonyl (C=O) groups excluding carboxylic acids is 1. The topological polar surface area (TPSA) is 151 Å². The second kappa shape index (κ2) is 14.0. The van der Waals surface area contributed by atoms with Crippen LogP contribution < -0.4 is 0 Å². The van der Waals surface area contributed by atoms with Crippen molar-refractivity contribution in [3.8, 4) is 0 Å². The number of benzene rings is 3. The summed E-state index contributed by atoms with van der Waals surface area (Å²) < 4.78 is 8.88. The molecule has 1 amide bonds. The maximum absolute atomic E-state index is 13.6. The van der Waals surface area contributed by atoms with Crippen LogP contribution in [0.15, 0.2) is 96.1 Å². The molecule has 2 heterocycles. The highest BCUT2D eigenvalue weighted by molar-refractivity contribution is 7.45. The van der Waals surface area contributed by atoms with E-state index in [0.29, 0.717) is 18.8 Å². The third-order valence-corrected chi connectivity index (χ3v) is 7.75. The van der Waals surface area contributed by atoms with Crippen LogP contribution in [0.4, 0.5) is 0 Å². The Balaban J connectivity index is 0.000000748. The summed E-state index contributed by atoms with van der Waals surface area (Å²) in [6.45, 7) is 2.66. The van der Waals surface area contributed by atoms with Crippen molar-refractivity contribution in [2.45, 2.75) is 31.6 Å². The summed E-state index contributed by atoms with van der Waals surface area (Å²) in [5, 5.41) is 15.2. The zero-order chi connectivity index (χ0) is 30.2. The number of rotatable bonds is 9. The summed E-state index contributed by atoms with van der Waals surface area (Å²) in [7, 11) is -4.64. The molecule has 0 bridgehead atoms. The lowest BCUT2D eigenvalue weighted by Gasteiger charge is -2.39. The summed E-state index contributed by atoms with van der Waals surface area (Å²) in [6, 6.07) is 31.2. The predicted octanol–water partition coefficient (Wildman–Crippen LogP) is 4.08. The van der Waals surface area contributed by atoms with E-state index in [9.17, 15) is 9.59 Å². The van der Waals surface area contributed by atoms with Crippen molar-refractivity contribution in [2.75, 3.05) is 26.2 Å². The van der Waals surface area contributed by atoms with E-state index < -0.39 is 19.2 Å². The maximum Gasteiger partial charge on any atom is 0.466 e. The lowest BCUT2D eigenvalue weighted by molar-refractivity contribution is -0.140. The zero-order valence-corrected chi connectivity index (χ0v) is 24.1. The average molecular weight is 594 g/mol. The fraction of sp³-hybridized carbons (Fsp3) is 0.323. The van der Waals surface area contributed by atoms with E-state index in [1.54, 1.807) is 0 Å². The van der Waals surface area contributed by atoms with E-state index in [4.69, 9.17) is 24.4 Å². The number of hydrazone groups is 1. The first-order valence-electron chi connectivity index (χ1n) is 13.9. The normalized spacial score (nSPS) is 16.7. The SMILES string of the molecule is O=C(O)CCN1N=C(c2ccccc2)C2(CCN(CCC(c3ccccc3)c3ccccc3)CC2)C1=O.O=P(O)(O)O. The van der Waals surface area contributed by atoms with E-state index in [-0.39, 0.29) is 18.9 Å². The van der Waals surface area contributed by atoms with E-state index in [1.165, 1.54) is 16.1 Å². The lowest BCUT2D eigenvalue weighted by atomic mass is 9.72. The minimum absolute atomic E-state index is 0.0568. The number of hydrogen-bond donors (Lipinski definition) is 4. The molecule has 2 aliphatic heterocycles. The van der Waals surface area contributed by atoms with Crippen molar-refractivity contribution in [1.29, 1.82) is 0 Å². The Hall–Kier alpha value is -3.66. The molecule has 0 aliphatic carbocycles. The van der Waals surface area contributed by atoms with Gasteiger partial charge >= 0.3 is 13.8 Å². The van der Waals surface area contributed by atoms with Gasteiger partial charge in [0.2, 0.25) is 0 Å². The number of carbonyl (C=O) groups is 2. The maximum atomic E-state index is 13.6. The quantitative estimate of drug-likeness (QED) is 0.271. The standard InChI is InChI=1S/C31H33N3O3.H3O4P/c35-28(36)17-21-34-30(37)31(29(32-34)26-14-8-3-9-15-26)18-22-33(23-19-31)20-16-27(24-10-4-1-5-11-24)25-12-6-2-7-13-25;1-5(2,3)4/h1-15,27H,16-23H2,(H,35,36);(H3,1,2,3,4). The van der Waals surface area contributed by atoms with Crippen molar-refractivity contribution in [2.24, 2.45) is 10.5 Å². The van der Waals surface area contributed by atoms with Gasteiger partial charge in [0.05, 0.1) is 24.1 Å². The summed E-state index contributed by atoms with van der Waals surface area (Å²) in [4.78, 5) is 48.8. The van der Waals surface area contributed by atoms with Crippen LogP contribution in [0.3, 0.4) is 0 Å². The summed E-state index contributed by atoms with van der Waals surface area (Å²) >= 11 is 0. The Morgan fingerprint density at radius 3 is 1.79 bits per heavy atom. The van der Waals surface area contributed by atoms with Gasteiger partial charge in [-0.1, -0.05) is 91.0 Å². The molecule has 0 radical (unpaired) electrons. The molecule has 0 saturated carbocycles. The van der Waals surface area contributed by atoms with E-state index in [0.717, 1.165) is 37.3 Å². The zero-order valence-electron chi connectivity index (χ0n) is 23.2. The predicted molar refractivity (Wildman–Crippen MR) is 159 cm³/mol. The molecule has 3 aromatic carbocycles. The number of likely N-dealkylation sites (tertiary alicyclic amines) is 1. The molecular weight excluding hydrogens is 557 g/mol. The molecule has 0 aromatic heterocycles. The second-order valence-corrected chi connectivity index (χ2v) is 11.5. The molecule has 1 fully saturated rings. The van der Waals surface area contributed by atoms with Gasteiger partial charge in [0.25, 0.3) is 5.91 Å². The first-order valence-corrected chi connectivity index (χ1v) is 15.4. The summed E-state index contributed by atoms with van der Waals surface area (Å²) in [5.74, 6) is -0.663. The number of carboxylic acid groups (broad SMARTS) is 1. The lowest BCUT2D eigenvalue weighted by Crippen LogP contribution is -2.49. The molecule has 4 N–H and O–H groups in total. The van der Waals surface area contributed by atoms with E-state index >= 15 is 0 Å². The van der Waals surface area contributed by atoms with Crippen LogP contribution in [0.1, 0.15) is 48.3 Å². The number of amides is 1. The van der Waals surface area contributed by atoms with Gasteiger partial charge in [-0.15, -0.1) is 0 Å². The first-order chi connectivity index (χ1) is 20.1. The van der Waals surface area contributed by atoms with Crippen LogP contribution in [0.25, 0.3) is 0 Å². The van der Waals surface area contributed by atoms with Gasteiger partial charge in [-0.3, -0.25) is 9.59 Å². The fourth-order valence-corrected chi connectivity index (χ4v) is 5.71. The number of phosphoric acid groups is 1. The highest BCUT2D eigenvalue weighted by Crippen LogP contribution is 2.42. The Labute approximate surface area is 245 Å². The molecule has 42 heavy (non-hydrogen) atoms. The van der Waals surface area contributed by atoms with E-state index in [1.807, 2.05) is 30.3 Å². The molecule has 222 valence electrons. The molecular formula is C31H36N3O7P. The Morgan fingerprint density at radius 1 is 0.833 bits per heavy atom. The first kappa shape index (κ1) is 31.3. The van der Waals surface area contributed by atoms with Crippen LogP contribution in [-0.2, 0) is 14.2 Å². The van der Waals surface area contributed by atoms with Gasteiger partial charge in [0.1, 0.15) is 0 Å². The molecule has 1 saturated heterocycles. The van der Waals surface area contributed by atoms with Crippen LogP contribution in [0, 0.1) is 5.41 Å². The largest absolute Gasteiger partial charge is 0.481 e. The van der Waals surface area contributed by atoms with E-state index in [2.05, 4.69) is 70.7 Å². The molecule has 10 nitrogen and oxygen atoms in total. The number of nitrogens with zero attached hydrogens (tertiary/aromatic N) is 3. The smallest absolute Gasteiger partial charge is 0.466 e. The number of aliphatic carboxylic acids is 1. The van der Waals surface area contributed by atoms with Crippen molar-refractivity contribution in [3.63, 3.8) is 0 Å². The molecule has 0 unspecified atom stereocenters. The average Bonchev–Trinajstić information content (AvgIpc) is 3.24. The summed E-state index contributed by atoms with van der Waals surface area (Å²) in [5.41, 5.74) is 3.68. The van der Waals surface area contributed by atoms with Gasteiger partial charge in [-0.25, -0.2) is 9.57 Å². The fourth-order valence-electron chi connectivity index (χ4n) is 5.71. The van der Waals surface area contributed by atoms with Crippen molar-refractivity contribution in [3.05, 3.63) is 108 Å². The highest BCUT2D eigenvalue weighted by atomic mass is 31.2. The van der Waals surface area contributed by atoms with Gasteiger partial charge < -0.3 is 24.7 Å². The minimum atomic E-state index is -4.64. The number of hydrogen-bond acceptors (Lipinski definition) is 5. The van der Waals surface area contributed by atoms with Crippen LogP contribution in [-0.4, -0.2) is 73.5 Å². The number of piperidine rings is 1. The van der Waals surface area contributed by atoms with Crippen LogP contribution in [0.5, 0.6) is 0 Å². The monoisotopic (exact) mass is 593 g/mol. The molecule has 5 rings (SSSR count). The Kier molecular flexibility index (Phi) is 10.4. The molecule has 11 heteroatoms. The molecule has 0 atom stereocenters. The third-order valence-electron chi connectivity index (χ3n) is 7.75. The Morgan fingerprint density at radius 2 is 1.31 bits per heavy atom. The Bertz CT molecular complexity index is 1360. The van der Waals surface area contributed by atoms with Crippen LogP contribution >= 0.6 is 7.82 Å².